The van der Waals surface area contributed by atoms with Crippen molar-refractivity contribution in [3.63, 3.8) is 0 Å². The van der Waals surface area contributed by atoms with Crippen molar-refractivity contribution in [1.29, 1.82) is 0 Å². The molecular formula is C18H25ClN2O2. The Bertz CT molecular complexity index is 562. The highest BCUT2D eigenvalue weighted by Crippen LogP contribution is 2.37. The first-order chi connectivity index (χ1) is 10.8. The summed E-state index contributed by atoms with van der Waals surface area (Å²) in [6.45, 7) is 4.63. The van der Waals surface area contributed by atoms with Crippen LogP contribution in [0.15, 0.2) is 24.3 Å². The molecule has 1 aromatic rings. The second kappa shape index (κ2) is 6.70. The summed E-state index contributed by atoms with van der Waals surface area (Å²) in [5.74, 6) is 1.22. The van der Waals surface area contributed by atoms with E-state index in [0.29, 0.717) is 12.0 Å². The first kappa shape index (κ1) is 16.6. The molecular weight excluding hydrogens is 312 g/mol. The SMILES string of the molecule is Cl.O=C(C1COc2ccccc2C1)N1CCC2(CCNC2)CC1. The Morgan fingerprint density at radius 1 is 1.22 bits per heavy atom. The van der Waals surface area contributed by atoms with Gasteiger partial charge in [0.05, 0.1) is 5.92 Å². The molecule has 3 aliphatic rings. The number of fused-ring (bicyclic) bond motifs is 1. The van der Waals surface area contributed by atoms with Gasteiger partial charge in [-0.2, -0.15) is 0 Å². The van der Waals surface area contributed by atoms with Gasteiger partial charge in [-0.25, -0.2) is 0 Å². The highest BCUT2D eigenvalue weighted by molar-refractivity contribution is 5.85. The number of nitrogens with one attached hydrogen (secondary N) is 1. The second-order valence-electron chi connectivity index (χ2n) is 7.07. The molecule has 4 nitrogen and oxygen atoms in total. The number of hydrogen-bond donors (Lipinski definition) is 1. The molecule has 1 N–H and O–H groups in total. The lowest BCUT2D eigenvalue weighted by atomic mass is 9.77. The number of ether oxygens (including phenoxy) is 1. The van der Waals surface area contributed by atoms with Gasteiger partial charge >= 0.3 is 0 Å². The van der Waals surface area contributed by atoms with Crippen LogP contribution in [-0.2, 0) is 11.2 Å². The Balaban J connectivity index is 0.00000156. The number of carbonyl (C=O) groups excluding carboxylic acids is 1. The maximum Gasteiger partial charge on any atom is 0.229 e. The lowest BCUT2D eigenvalue weighted by Gasteiger charge is -2.40. The second-order valence-corrected chi connectivity index (χ2v) is 7.07. The number of carbonyl (C=O) groups is 1. The fraction of sp³-hybridized carbons (Fsp3) is 0.611. The molecule has 0 aliphatic carbocycles. The molecule has 2 fully saturated rings. The zero-order valence-corrected chi connectivity index (χ0v) is 14.2. The van der Waals surface area contributed by atoms with E-state index in [-0.39, 0.29) is 24.2 Å². The molecule has 1 aromatic carbocycles. The minimum Gasteiger partial charge on any atom is -0.492 e. The number of nitrogens with zero attached hydrogens (tertiary/aromatic N) is 1. The fourth-order valence-corrected chi connectivity index (χ4v) is 4.17. The summed E-state index contributed by atoms with van der Waals surface area (Å²) >= 11 is 0. The topological polar surface area (TPSA) is 41.6 Å². The first-order valence-corrected chi connectivity index (χ1v) is 8.46. The molecule has 0 radical (unpaired) electrons. The molecule has 23 heavy (non-hydrogen) atoms. The fourth-order valence-electron chi connectivity index (χ4n) is 4.17. The van der Waals surface area contributed by atoms with Crippen LogP contribution < -0.4 is 10.1 Å². The van der Waals surface area contributed by atoms with Crippen LogP contribution in [0.25, 0.3) is 0 Å². The minimum absolute atomic E-state index is 0. The standard InChI is InChI=1S/C18H24N2O2.ClH/c21-17(15-11-14-3-1-2-4-16(14)22-12-15)20-9-6-18(7-10-20)5-8-19-13-18;/h1-4,15,19H,5-13H2;1H. The van der Waals surface area contributed by atoms with Crippen molar-refractivity contribution >= 4 is 18.3 Å². The summed E-state index contributed by atoms with van der Waals surface area (Å²) in [4.78, 5) is 14.9. The Labute approximate surface area is 144 Å². The molecule has 3 aliphatic heterocycles. The predicted molar refractivity (Wildman–Crippen MR) is 92.1 cm³/mol. The molecule has 1 amide bonds. The third kappa shape index (κ3) is 3.20. The van der Waals surface area contributed by atoms with Gasteiger partial charge < -0.3 is 15.0 Å². The van der Waals surface area contributed by atoms with Gasteiger partial charge in [-0.3, -0.25) is 4.79 Å². The zero-order valence-electron chi connectivity index (χ0n) is 13.4. The molecule has 0 aromatic heterocycles. The van der Waals surface area contributed by atoms with Crippen molar-refractivity contribution in [2.24, 2.45) is 11.3 Å². The van der Waals surface area contributed by atoms with Crippen LogP contribution in [0.4, 0.5) is 0 Å². The maximum atomic E-state index is 12.8. The van der Waals surface area contributed by atoms with Gasteiger partial charge in [0.1, 0.15) is 12.4 Å². The van der Waals surface area contributed by atoms with E-state index in [2.05, 4.69) is 16.3 Å². The molecule has 1 atom stereocenters. The van der Waals surface area contributed by atoms with Gasteiger partial charge in [-0.1, -0.05) is 18.2 Å². The van der Waals surface area contributed by atoms with E-state index in [4.69, 9.17) is 4.74 Å². The smallest absolute Gasteiger partial charge is 0.229 e. The lowest BCUT2D eigenvalue weighted by Crippen LogP contribution is -2.47. The van der Waals surface area contributed by atoms with Crippen molar-refractivity contribution in [2.75, 3.05) is 32.8 Å². The molecule has 0 bridgehead atoms. The summed E-state index contributed by atoms with van der Waals surface area (Å²) < 4.78 is 5.78. The van der Waals surface area contributed by atoms with E-state index in [9.17, 15) is 4.79 Å². The van der Waals surface area contributed by atoms with Crippen LogP contribution in [0, 0.1) is 11.3 Å². The molecule has 5 heteroatoms. The quantitative estimate of drug-likeness (QED) is 0.855. The van der Waals surface area contributed by atoms with Crippen LogP contribution in [0.5, 0.6) is 5.75 Å². The van der Waals surface area contributed by atoms with E-state index in [1.54, 1.807) is 0 Å². The van der Waals surface area contributed by atoms with E-state index >= 15 is 0 Å². The number of rotatable bonds is 1. The van der Waals surface area contributed by atoms with Crippen LogP contribution in [-0.4, -0.2) is 43.6 Å². The van der Waals surface area contributed by atoms with Crippen molar-refractivity contribution in [2.45, 2.75) is 25.7 Å². The largest absolute Gasteiger partial charge is 0.492 e. The summed E-state index contributed by atoms with van der Waals surface area (Å²) in [5, 5.41) is 3.48. The molecule has 4 rings (SSSR count). The highest BCUT2D eigenvalue weighted by Gasteiger charge is 2.39. The number of benzene rings is 1. The van der Waals surface area contributed by atoms with E-state index < -0.39 is 0 Å². The van der Waals surface area contributed by atoms with Gasteiger partial charge in [-0.15, -0.1) is 12.4 Å². The molecule has 1 spiro atoms. The lowest BCUT2D eigenvalue weighted by molar-refractivity contribution is -0.139. The van der Waals surface area contributed by atoms with Crippen molar-refractivity contribution in [1.82, 2.24) is 10.2 Å². The Morgan fingerprint density at radius 2 is 2.00 bits per heavy atom. The number of piperidine rings is 1. The van der Waals surface area contributed by atoms with Crippen molar-refractivity contribution in [3.05, 3.63) is 29.8 Å². The van der Waals surface area contributed by atoms with Crippen molar-refractivity contribution < 1.29 is 9.53 Å². The number of hydrogen-bond acceptors (Lipinski definition) is 3. The molecule has 3 heterocycles. The normalized spacial score (nSPS) is 25.4. The average molecular weight is 337 g/mol. The monoisotopic (exact) mass is 336 g/mol. The van der Waals surface area contributed by atoms with Gasteiger partial charge in [0, 0.05) is 19.6 Å². The van der Waals surface area contributed by atoms with E-state index in [0.717, 1.165) is 51.2 Å². The third-order valence-corrected chi connectivity index (χ3v) is 5.70. The van der Waals surface area contributed by atoms with Gasteiger partial charge in [0.2, 0.25) is 5.91 Å². The summed E-state index contributed by atoms with van der Waals surface area (Å²) in [6, 6.07) is 8.07. The molecule has 2 saturated heterocycles. The first-order valence-electron chi connectivity index (χ1n) is 8.46. The van der Waals surface area contributed by atoms with Crippen LogP contribution in [0.3, 0.4) is 0 Å². The number of halogens is 1. The summed E-state index contributed by atoms with van der Waals surface area (Å²) in [6.07, 6.45) is 4.39. The summed E-state index contributed by atoms with van der Waals surface area (Å²) in [7, 11) is 0. The Kier molecular flexibility index (Phi) is 4.83. The third-order valence-electron chi connectivity index (χ3n) is 5.70. The predicted octanol–water partition coefficient (Wildman–Crippen LogP) is 2.26. The Hall–Kier alpha value is -1.26. The van der Waals surface area contributed by atoms with Crippen LogP contribution in [0.2, 0.25) is 0 Å². The molecule has 0 saturated carbocycles. The molecule has 126 valence electrons. The van der Waals surface area contributed by atoms with Gasteiger partial charge in [0.15, 0.2) is 0 Å². The Morgan fingerprint density at radius 3 is 2.74 bits per heavy atom. The minimum atomic E-state index is -0.00865. The summed E-state index contributed by atoms with van der Waals surface area (Å²) in [5.41, 5.74) is 1.63. The van der Waals surface area contributed by atoms with Crippen LogP contribution in [0.1, 0.15) is 24.8 Å². The molecule has 1 unspecified atom stereocenters. The van der Waals surface area contributed by atoms with E-state index in [1.165, 1.54) is 12.0 Å². The zero-order chi connectivity index (χ0) is 15.0. The number of likely N-dealkylation sites (tertiary alicyclic amines) is 1. The number of amides is 1. The van der Waals surface area contributed by atoms with Crippen molar-refractivity contribution in [3.8, 4) is 5.75 Å². The van der Waals surface area contributed by atoms with Gasteiger partial charge in [0.25, 0.3) is 0 Å². The maximum absolute atomic E-state index is 12.8. The number of para-hydroxylation sites is 1. The van der Waals surface area contributed by atoms with E-state index in [1.807, 2.05) is 18.2 Å². The highest BCUT2D eigenvalue weighted by atomic mass is 35.5. The van der Waals surface area contributed by atoms with Gasteiger partial charge in [-0.05, 0) is 49.3 Å². The average Bonchev–Trinajstić information content (AvgIpc) is 3.02. The van der Waals surface area contributed by atoms with Crippen LogP contribution >= 0.6 is 12.4 Å².